The summed E-state index contributed by atoms with van der Waals surface area (Å²) >= 11 is 0. The maximum atomic E-state index is 12.7. The monoisotopic (exact) mass is 439 g/mol. The van der Waals surface area contributed by atoms with Gasteiger partial charge in [0.15, 0.2) is 5.96 Å². The highest BCUT2D eigenvalue weighted by molar-refractivity contribution is 14.0. The quantitative estimate of drug-likeness (QED) is 0.227. The maximum absolute atomic E-state index is 12.7. The zero-order valence-corrected chi connectivity index (χ0v) is 15.8. The van der Waals surface area contributed by atoms with Crippen LogP contribution in [0.4, 0.5) is 4.39 Å². The summed E-state index contributed by atoms with van der Waals surface area (Å²) in [4.78, 5) is 4.06. The smallest absolute Gasteiger partial charge is 0.188 e. The van der Waals surface area contributed by atoms with Gasteiger partial charge in [0.25, 0.3) is 0 Å². The highest BCUT2D eigenvalue weighted by Crippen LogP contribution is 2.11. The topological polar surface area (TPSA) is 79.9 Å². The van der Waals surface area contributed by atoms with Crippen LogP contribution in [-0.4, -0.2) is 36.9 Å². The fourth-order valence-electron chi connectivity index (χ4n) is 1.80. The summed E-state index contributed by atoms with van der Waals surface area (Å²) in [5.41, 5.74) is 5.71. The van der Waals surface area contributed by atoms with Crippen LogP contribution in [0.1, 0.15) is 32.6 Å². The second-order valence-electron chi connectivity index (χ2n) is 5.13. The number of nitrogens with one attached hydrogen (secondary N) is 1. The number of nitrogens with zero attached hydrogens (tertiary/aromatic N) is 1. The molecular weight excluding hydrogens is 412 g/mol. The summed E-state index contributed by atoms with van der Waals surface area (Å²) in [6.45, 7) is 3.20. The van der Waals surface area contributed by atoms with Gasteiger partial charge in [0.2, 0.25) is 0 Å². The molecule has 0 aliphatic rings. The van der Waals surface area contributed by atoms with E-state index in [0.717, 1.165) is 13.0 Å². The van der Waals surface area contributed by atoms with E-state index in [4.69, 9.17) is 10.5 Å². The van der Waals surface area contributed by atoms with E-state index in [2.05, 4.69) is 17.2 Å². The average molecular weight is 439 g/mol. The van der Waals surface area contributed by atoms with E-state index in [-0.39, 0.29) is 42.9 Å². The van der Waals surface area contributed by atoms with Crippen LogP contribution in [0.15, 0.2) is 29.3 Å². The molecule has 0 amide bonds. The summed E-state index contributed by atoms with van der Waals surface area (Å²) in [5.74, 6) is 0.513. The lowest BCUT2D eigenvalue weighted by Crippen LogP contribution is -2.34. The molecule has 1 aromatic carbocycles. The van der Waals surface area contributed by atoms with Crippen molar-refractivity contribution in [1.29, 1.82) is 0 Å². The van der Waals surface area contributed by atoms with Gasteiger partial charge in [-0.25, -0.2) is 4.39 Å². The van der Waals surface area contributed by atoms with Crippen molar-refractivity contribution >= 4 is 29.9 Å². The van der Waals surface area contributed by atoms with Crippen molar-refractivity contribution in [2.24, 2.45) is 10.7 Å². The fraction of sp³-hybridized carbons (Fsp3) is 0.562. The van der Waals surface area contributed by atoms with Crippen molar-refractivity contribution in [3.8, 4) is 5.75 Å². The highest BCUT2D eigenvalue weighted by atomic mass is 127. The molecule has 0 heterocycles. The Hall–Kier alpha value is -1.09. The first-order valence-electron chi connectivity index (χ1n) is 7.72. The lowest BCUT2D eigenvalue weighted by Gasteiger charge is -2.11. The van der Waals surface area contributed by atoms with Gasteiger partial charge in [0.05, 0.1) is 6.54 Å². The number of halogens is 2. The van der Waals surface area contributed by atoms with E-state index in [1.165, 1.54) is 43.5 Å². The Balaban J connectivity index is 0.00000484. The Morgan fingerprint density at radius 2 is 2.00 bits per heavy atom. The number of hydrogen-bond acceptors (Lipinski definition) is 3. The van der Waals surface area contributed by atoms with Gasteiger partial charge >= 0.3 is 0 Å². The Labute approximate surface area is 154 Å². The number of guanidine groups is 1. The van der Waals surface area contributed by atoms with Crippen LogP contribution in [0.25, 0.3) is 0 Å². The molecule has 0 bridgehead atoms. The van der Waals surface area contributed by atoms with E-state index in [1.54, 1.807) is 0 Å². The van der Waals surface area contributed by atoms with Gasteiger partial charge in [-0.2, -0.15) is 0 Å². The van der Waals surface area contributed by atoms with Gasteiger partial charge in [0, 0.05) is 6.54 Å². The second-order valence-corrected chi connectivity index (χ2v) is 5.13. The summed E-state index contributed by atoms with van der Waals surface area (Å²) in [6, 6.07) is 5.63. The van der Waals surface area contributed by atoms with Crippen molar-refractivity contribution in [3.05, 3.63) is 30.1 Å². The van der Waals surface area contributed by atoms with Gasteiger partial charge in [0.1, 0.15) is 24.3 Å². The van der Waals surface area contributed by atoms with Crippen LogP contribution in [0.3, 0.4) is 0 Å². The van der Waals surface area contributed by atoms with Crippen LogP contribution in [0.2, 0.25) is 0 Å². The van der Waals surface area contributed by atoms with Crippen molar-refractivity contribution in [3.63, 3.8) is 0 Å². The highest BCUT2D eigenvalue weighted by Gasteiger charge is 2.05. The summed E-state index contributed by atoms with van der Waals surface area (Å²) < 4.78 is 18.1. The van der Waals surface area contributed by atoms with Crippen molar-refractivity contribution in [2.45, 2.75) is 38.7 Å². The number of hydrogen-bond donors (Lipinski definition) is 3. The van der Waals surface area contributed by atoms with E-state index in [9.17, 15) is 9.50 Å². The molecule has 1 aromatic rings. The third kappa shape index (κ3) is 11.1. The predicted octanol–water partition coefficient (Wildman–Crippen LogP) is 2.67. The zero-order chi connectivity index (χ0) is 16.2. The molecule has 1 atom stereocenters. The maximum Gasteiger partial charge on any atom is 0.188 e. The number of aliphatic hydroxyl groups is 1. The number of rotatable bonds is 10. The Morgan fingerprint density at radius 3 is 2.65 bits per heavy atom. The van der Waals surface area contributed by atoms with Crippen LogP contribution >= 0.6 is 24.0 Å². The predicted molar refractivity (Wildman–Crippen MR) is 102 cm³/mol. The van der Waals surface area contributed by atoms with Crippen LogP contribution in [0, 0.1) is 5.82 Å². The zero-order valence-electron chi connectivity index (χ0n) is 13.5. The summed E-state index contributed by atoms with van der Waals surface area (Å²) in [5, 5.41) is 12.8. The molecule has 1 rings (SSSR count). The Morgan fingerprint density at radius 1 is 1.30 bits per heavy atom. The molecule has 4 N–H and O–H groups in total. The number of benzene rings is 1. The third-order valence-corrected chi connectivity index (χ3v) is 3.06. The van der Waals surface area contributed by atoms with Crippen molar-refractivity contribution in [1.82, 2.24) is 5.32 Å². The standard InChI is InChI=1S/C16H26FN3O2.HI/c1-2-3-4-5-10-19-16(18)20-11-14(21)12-22-15-8-6-13(17)7-9-15;/h6-9,14,21H,2-5,10-12H2,1H3,(H3,18,19,20);1H. The molecule has 0 aliphatic heterocycles. The van der Waals surface area contributed by atoms with E-state index in [1.807, 2.05) is 0 Å². The van der Waals surface area contributed by atoms with Crippen molar-refractivity contribution < 1.29 is 14.2 Å². The van der Waals surface area contributed by atoms with E-state index in [0.29, 0.717) is 11.7 Å². The third-order valence-electron chi connectivity index (χ3n) is 3.06. The largest absolute Gasteiger partial charge is 0.491 e. The van der Waals surface area contributed by atoms with Crippen molar-refractivity contribution in [2.75, 3.05) is 19.7 Å². The first kappa shape index (κ1) is 21.9. The molecule has 1 unspecified atom stereocenters. The minimum atomic E-state index is -0.759. The lowest BCUT2D eigenvalue weighted by molar-refractivity contribution is 0.114. The minimum Gasteiger partial charge on any atom is -0.491 e. The molecule has 5 nitrogen and oxygen atoms in total. The molecule has 0 aliphatic carbocycles. The first-order valence-corrected chi connectivity index (χ1v) is 7.72. The molecule has 0 saturated carbocycles. The minimum absolute atomic E-state index is 0. The first-order chi connectivity index (χ1) is 10.6. The molecule has 132 valence electrons. The SMILES string of the molecule is CCCCCCNC(N)=NCC(O)COc1ccc(F)cc1.I. The lowest BCUT2D eigenvalue weighted by atomic mass is 10.2. The van der Waals surface area contributed by atoms with Crippen LogP contribution < -0.4 is 15.8 Å². The number of nitrogens with two attached hydrogens (primary N) is 1. The Kier molecular flexibility index (Phi) is 12.7. The Bertz CT molecular complexity index is 443. The molecule has 0 radical (unpaired) electrons. The van der Waals surface area contributed by atoms with Gasteiger partial charge < -0.3 is 20.9 Å². The van der Waals surface area contributed by atoms with Gasteiger partial charge in [-0.3, -0.25) is 4.99 Å². The summed E-state index contributed by atoms with van der Waals surface area (Å²) in [7, 11) is 0. The molecule has 0 fully saturated rings. The molecule has 7 heteroatoms. The van der Waals surface area contributed by atoms with Gasteiger partial charge in [-0.15, -0.1) is 24.0 Å². The van der Waals surface area contributed by atoms with Gasteiger partial charge in [-0.05, 0) is 30.7 Å². The summed E-state index contributed by atoms with van der Waals surface area (Å²) in [6.07, 6.45) is 3.89. The number of unbranched alkanes of at least 4 members (excludes halogenated alkanes) is 3. The molecule has 0 aromatic heterocycles. The second kappa shape index (κ2) is 13.4. The molecular formula is C16H27FIN3O2. The average Bonchev–Trinajstić information content (AvgIpc) is 2.52. The van der Waals surface area contributed by atoms with Crippen LogP contribution in [-0.2, 0) is 0 Å². The fourth-order valence-corrected chi connectivity index (χ4v) is 1.80. The van der Waals surface area contributed by atoms with Gasteiger partial charge in [-0.1, -0.05) is 26.2 Å². The number of aliphatic imine (C=N–C) groups is 1. The van der Waals surface area contributed by atoms with Crippen LogP contribution in [0.5, 0.6) is 5.75 Å². The molecule has 0 saturated heterocycles. The molecule has 23 heavy (non-hydrogen) atoms. The van der Waals surface area contributed by atoms with E-state index >= 15 is 0 Å². The number of aliphatic hydroxyl groups excluding tert-OH is 1. The van der Waals surface area contributed by atoms with E-state index < -0.39 is 6.10 Å². The normalized spacial score (nSPS) is 12.4. The number of ether oxygens (including phenoxy) is 1. The molecule has 0 spiro atoms.